The summed E-state index contributed by atoms with van der Waals surface area (Å²) in [5.41, 5.74) is 6.77. The zero-order chi connectivity index (χ0) is 15.2. The standard InChI is InChI=1S/C16H23ClN2O2/c1-12(18)3-2-4-16(20)19-9-10-21-15(11-19)13-5-7-14(17)8-6-13/h5-8,12,15H,2-4,9-11,18H2,1H3. The van der Waals surface area contributed by atoms with E-state index in [1.807, 2.05) is 36.1 Å². The van der Waals surface area contributed by atoms with E-state index in [-0.39, 0.29) is 18.1 Å². The van der Waals surface area contributed by atoms with Crippen molar-refractivity contribution in [3.05, 3.63) is 34.9 Å². The number of ether oxygens (including phenoxy) is 1. The van der Waals surface area contributed by atoms with Crippen molar-refractivity contribution < 1.29 is 9.53 Å². The Kier molecular flexibility index (Phi) is 6.03. The fourth-order valence-corrected chi connectivity index (χ4v) is 2.61. The highest BCUT2D eigenvalue weighted by Crippen LogP contribution is 2.24. The van der Waals surface area contributed by atoms with Crippen LogP contribution in [0.2, 0.25) is 5.02 Å². The van der Waals surface area contributed by atoms with Gasteiger partial charge in [0.25, 0.3) is 0 Å². The molecule has 1 aliphatic heterocycles. The maximum Gasteiger partial charge on any atom is 0.222 e. The van der Waals surface area contributed by atoms with Crippen LogP contribution in [0.4, 0.5) is 0 Å². The van der Waals surface area contributed by atoms with Crippen LogP contribution in [0.3, 0.4) is 0 Å². The zero-order valence-electron chi connectivity index (χ0n) is 12.4. The van der Waals surface area contributed by atoms with Crippen molar-refractivity contribution in [3.8, 4) is 0 Å². The SMILES string of the molecule is CC(N)CCCC(=O)N1CCOC(c2ccc(Cl)cc2)C1. The van der Waals surface area contributed by atoms with Crippen molar-refractivity contribution in [1.29, 1.82) is 0 Å². The fraction of sp³-hybridized carbons (Fsp3) is 0.562. The molecule has 1 fully saturated rings. The second-order valence-electron chi connectivity index (χ2n) is 5.62. The third kappa shape index (κ3) is 4.99. The molecule has 21 heavy (non-hydrogen) atoms. The number of nitrogens with zero attached hydrogens (tertiary/aromatic N) is 1. The average Bonchev–Trinajstić information content (AvgIpc) is 2.47. The molecule has 2 atom stereocenters. The zero-order valence-corrected chi connectivity index (χ0v) is 13.2. The summed E-state index contributed by atoms with van der Waals surface area (Å²) >= 11 is 5.90. The Morgan fingerprint density at radius 3 is 2.86 bits per heavy atom. The van der Waals surface area contributed by atoms with Gasteiger partial charge in [0.05, 0.1) is 13.2 Å². The molecule has 0 aliphatic carbocycles. The molecule has 1 saturated heterocycles. The number of carbonyl (C=O) groups excluding carboxylic acids is 1. The number of rotatable bonds is 5. The molecule has 1 aliphatic rings. The first kappa shape index (κ1) is 16.3. The van der Waals surface area contributed by atoms with E-state index in [1.54, 1.807) is 0 Å². The summed E-state index contributed by atoms with van der Waals surface area (Å²) in [6.45, 7) is 3.82. The number of carbonyl (C=O) groups is 1. The average molecular weight is 311 g/mol. The van der Waals surface area contributed by atoms with Crippen LogP contribution >= 0.6 is 11.6 Å². The van der Waals surface area contributed by atoms with E-state index in [9.17, 15) is 4.79 Å². The molecule has 5 heteroatoms. The van der Waals surface area contributed by atoms with Crippen molar-refractivity contribution in [1.82, 2.24) is 4.90 Å². The van der Waals surface area contributed by atoms with Crippen LogP contribution in [0.15, 0.2) is 24.3 Å². The lowest BCUT2D eigenvalue weighted by atomic mass is 10.1. The van der Waals surface area contributed by atoms with E-state index in [0.29, 0.717) is 31.1 Å². The quantitative estimate of drug-likeness (QED) is 0.910. The molecule has 1 aromatic carbocycles. The molecular weight excluding hydrogens is 288 g/mol. The molecule has 0 spiro atoms. The molecule has 0 bridgehead atoms. The minimum atomic E-state index is -0.0617. The van der Waals surface area contributed by atoms with E-state index in [1.165, 1.54) is 0 Å². The number of benzene rings is 1. The summed E-state index contributed by atoms with van der Waals surface area (Å²) in [5.74, 6) is 0.193. The summed E-state index contributed by atoms with van der Waals surface area (Å²) in [4.78, 5) is 14.1. The molecular formula is C16H23ClN2O2. The maximum absolute atomic E-state index is 12.2. The lowest BCUT2D eigenvalue weighted by Crippen LogP contribution is -2.42. The van der Waals surface area contributed by atoms with Crippen molar-refractivity contribution in [2.45, 2.75) is 38.3 Å². The van der Waals surface area contributed by atoms with Crippen LogP contribution < -0.4 is 5.73 Å². The van der Waals surface area contributed by atoms with Crippen LogP contribution in [-0.4, -0.2) is 36.5 Å². The van der Waals surface area contributed by atoms with Crippen LogP contribution in [0.5, 0.6) is 0 Å². The molecule has 116 valence electrons. The molecule has 0 saturated carbocycles. The Labute approximate surface area is 131 Å². The van der Waals surface area contributed by atoms with Gasteiger partial charge in [0.1, 0.15) is 6.10 Å². The van der Waals surface area contributed by atoms with Crippen LogP contribution in [0.25, 0.3) is 0 Å². The Bertz CT molecular complexity index is 462. The summed E-state index contributed by atoms with van der Waals surface area (Å²) in [6, 6.07) is 7.77. The number of hydrogen-bond acceptors (Lipinski definition) is 3. The van der Waals surface area contributed by atoms with E-state index in [0.717, 1.165) is 18.4 Å². The van der Waals surface area contributed by atoms with Gasteiger partial charge in [-0.1, -0.05) is 23.7 Å². The van der Waals surface area contributed by atoms with Gasteiger partial charge in [-0.15, -0.1) is 0 Å². The normalized spacial score (nSPS) is 20.3. The molecule has 0 aromatic heterocycles. The van der Waals surface area contributed by atoms with Gasteiger partial charge in [-0.05, 0) is 37.5 Å². The third-order valence-electron chi connectivity index (χ3n) is 3.71. The van der Waals surface area contributed by atoms with Gasteiger partial charge in [-0.3, -0.25) is 4.79 Å². The molecule has 1 aromatic rings. The van der Waals surface area contributed by atoms with Gasteiger partial charge >= 0.3 is 0 Å². The predicted octanol–water partition coefficient (Wildman–Crippen LogP) is 2.76. The molecule has 4 nitrogen and oxygen atoms in total. The highest BCUT2D eigenvalue weighted by Gasteiger charge is 2.25. The number of hydrogen-bond donors (Lipinski definition) is 1. The Morgan fingerprint density at radius 1 is 1.48 bits per heavy atom. The summed E-state index contributed by atoms with van der Waals surface area (Å²) in [5, 5.41) is 0.707. The van der Waals surface area contributed by atoms with E-state index in [4.69, 9.17) is 22.1 Å². The van der Waals surface area contributed by atoms with Crippen molar-refractivity contribution >= 4 is 17.5 Å². The van der Waals surface area contributed by atoms with Gasteiger partial charge < -0.3 is 15.4 Å². The molecule has 2 rings (SSSR count). The first-order chi connectivity index (χ1) is 10.1. The Hall–Kier alpha value is -1.10. The fourth-order valence-electron chi connectivity index (χ4n) is 2.49. The molecule has 2 unspecified atom stereocenters. The largest absolute Gasteiger partial charge is 0.370 e. The van der Waals surface area contributed by atoms with Crippen LogP contribution in [-0.2, 0) is 9.53 Å². The number of morpholine rings is 1. The van der Waals surface area contributed by atoms with Crippen molar-refractivity contribution in [3.63, 3.8) is 0 Å². The second-order valence-corrected chi connectivity index (χ2v) is 6.06. The van der Waals surface area contributed by atoms with Gasteiger partial charge in [-0.2, -0.15) is 0 Å². The van der Waals surface area contributed by atoms with E-state index < -0.39 is 0 Å². The lowest BCUT2D eigenvalue weighted by molar-refractivity contribution is -0.139. The summed E-state index contributed by atoms with van der Waals surface area (Å²) in [6.07, 6.45) is 2.23. The second kappa shape index (κ2) is 7.78. The predicted molar refractivity (Wildman–Crippen MR) is 84.2 cm³/mol. The molecule has 0 radical (unpaired) electrons. The maximum atomic E-state index is 12.2. The Balaban J connectivity index is 1.88. The smallest absolute Gasteiger partial charge is 0.222 e. The molecule has 1 amide bonds. The lowest BCUT2D eigenvalue weighted by Gasteiger charge is -2.33. The Morgan fingerprint density at radius 2 is 2.19 bits per heavy atom. The minimum Gasteiger partial charge on any atom is -0.370 e. The number of halogens is 1. The first-order valence-electron chi connectivity index (χ1n) is 7.46. The summed E-state index contributed by atoms with van der Waals surface area (Å²) in [7, 11) is 0. The summed E-state index contributed by atoms with van der Waals surface area (Å²) < 4.78 is 5.77. The highest BCUT2D eigenvalue weighted by molar-refractivity contribution is 6.30. The van der Waals surface area contributed by atoms with E-state index in [2.05, 4.69) is 0 Å². The number of nitrogens with two attached hydrogens (primary N) is 1. The first-order valence-corrected chi connectivity index (χ1v) is 7.84. The molecule has 1 heterocycles. The van der Waals surface area contributed by atoms with Gasteiger partial charge in [0, 0.05) is 24.0 Å². The van der Waals surface area contributed by atoms with Crippen LogP contribution in [0.1, 0.15) is 37.9 Å². The molecule has 2 N–H and O–H groups in total. The van der Waals surface area contributed by atoms with Gasteiger partial charge in [-0.25, -0.2) is 0 Å². The van der Waals surface area contributed by atoms with E-state index >= 15 is 0 Å². The highest BCUT2D eigenvalue weighted by atomic mass is 35.5. The van der Waals surface area contributed by atoms with Crippen molar-refractivity contribution in [2.75, 3.05) is 19.7 Å². The minimum absolute atomic E-state index is 0.0617. The number of amides is 1. The van der Waals surface area contributed by atoms with Gasteiger partial charge in [0.2, 0.25) is 5.91 Å². The van der Waals surface area contributed by atoms with Crippen LogP contribution in [0, 0.1) is 0 Å². The third-order valence-corrected chi connectivity index (χ3v) is 3.96. The topological polar surface area (TPSA) is 55.6 Å². The van der Waals surface area contributed by atoms with Crippen molar-refractivity contribution in [2.24, 2.45) is 5.73 Å². The monoisotopic (exact) mass is 310 g/mol. The van der Waals surface area contributed by atoms with Gasteiger partial charge in [0.15, 0.2) is 0 Å².